The van der Waals surface area contributed by atoms with E-state index in [-0.39, 0.29) is 11.3 Å². The summed E-state index contributed by atoms with van der Waals surface area (Å²) in [5, 5.41) is 10.9. The number of nitrogens with one attached hydrogen (secondary N) is 1. The van der Waals surface area contributed by atoms with Crippen molar-refractivity contribution in [2.75, 3.05) is 18.2 Å². The standard InChI is InChI=1S/C18H15FN2O3S/c1-21(11-5-3-10(19)4-6-11)18(24)15-16(22)13-9-12(25-2)7-8-14(13)20-17(15)23/h3-9H,1-2H3,(H2,20,22,23). The zero-order valence-electron chi connectivity index (χ0n) is 13.5. The van der Waals surface area contributed by atoms with Gasteiger partial charge in [0.25, 0.3) is 11.5 Å². The average molecular weight is 358 g/mol. The fourth-order valence-corrected chi connectivity index (χ4v) is 2.97. The van der Waals surface area contributed by atoms with E-state index >= 15 is 0 Å². The van der Waals surface area contributed by atoms with E-state index in [1.54, 1.807) is 12.1 Å². The first kappa shape index (κ1) is 17.0. The van der Waals surface area contributed by atoms with Crippen LogP contribution in [0.5, 0.6) is 5.75 Å². The summed E-state index contributed by atoms with van der Waals surface area (Å²) >= 11 is 1.48. The number of aromatic hydroxyl groups is 1. The van der Waals surface area contributed by atoms with Crippen LogP contribution in [0.2, 0.25) is 0 Å². The van der Waals surface area contributed by atoms with Crippen molar-refractivity contribution in [2.24, 2.45) is 0 Å². The van der Waals surface area contributed by atoms with Crippen molar-refractivity contribution < 1.29 is 14.3 Å². The summed E-state index contributed by atoms with van der Waals surface area (Å²) in [5.74, 6) is -1.48. The van der Waals surface area contributed by atoms with Crippen LogP contribution in [0, 0.1) is 5.82 Å². The van der Waals surface area contributed by atoms with Gasteiger partial charge in [-0.3, -0.25) is 9.59 Å². The number of nitrogens with zero attached hydrogens (tertiary/aromatic N) is 1. The number of H-pyrrole nitrogens is 1. The fraction of sp³-hybridized carbons (Fsp3) is 0.111. The van der Waals surface area contributed by atoms with Crippen LogP contribution in [-0.2, 0) is 0 Å². The first-order valence-electron chi connectivity index (χ1n) is 7.39. The molecule has 0 saturated heterocycles. The molecule has 0 spiro atoms. The van der Waals surface area contributed by atoms with E-state index < -0.39 is 17.3 Å². The number of fused-ring (bicyclic) bond motifs is 1. The van der Waals surface area contributed by atoms with Crippen molar-refractivity contribution in [2.45, 2.75) is 4.90 Å². The Morgan fingerprint density at radius 2 is 1.88 bits per heavy atom. The molecule has 1 heterocycles. The highest BCUT2D eigenvalue weighted by Crippen LogP contribution is 2.29. The van der Waals surface area contributed by atoms with E-state index in [9.17, 15) is 19.1 Å². The smallest absolute Gasteiger partial charge is 0.267 e. The molecule has 0 fully saturated rings. The number of amides is 1. The summed E-state index contributed by atoms with van der Waals surface area (Å²) in [5.41, 5.74) is -0.178. The minimum absolute atomic E-state index is 0.349. The number of aromatic nitrogens is 1. The second kappa shape index (κ2) is 6.60. The molecule has 2 N–H and O–H groups in total. The number of hydrogen-bond acceptors (Lipinski definition) is 4. The molecule has 1 aromatic heterocycles. The maximum Gasteiger partial charge on any atom is 0.267 e. The number of hydrogen-bond donors (Lipinski definition) is 2. The molecule has 7 heteroatoms. The second-order valence-electron chi connectivity index (χ2n) is 5.43. The molecule has 0 aliphatic rings. The van der Waals surface area contributed by atoms with Crippen LogP contribution < -0.4 is 10.5 Å². The lowest BCUT2D eigenvalue weighted by Gasteiger charge is -2.18. The molecular weight excluding hydrogens is 343 g/mol. The van der Waals surface area contributed by atoms with Crippen LogP contribution in [-0.4, -0.2) is 29.3 Å². The number of carbonyl (C=O) groups excluding carboxylic acids is 1. The lowest BCUT2D eigenvalue weighted by Crippen LogP contribution is -2.31. The SMILES string of the molecule is CSc1ccc2[nH]c(=O)c(C(=O)N(C)c3ccc(F)cc3)c(O)c2c1. The number of halogens is 1. The van der Waals surface area contributed by atoms with Crippen LogP contribution in [0.1, 0.15) is 10.4 Å². The maximum atomic E-state index is 13.0. The van der Waals surface area contributed by atoms with Gasteiger partial charge in [0.2, 0.25) is 0 Å². The van der Waals surface area contributed by atoms with Crippen molar-refractivity contribution >= 4 is 34.3 Å². The summed E-state index contributed by atoms with van der Waals surface area (Å²) < 4.78 is 13.0. The Balaban J connectivity index is 2.12. The monoisotopic (exact) mass is 358 g/mol. The van der Waals surface area contributed by atoms with Gasteiger partial charge in [0.15, 0.2) is 0 Å². The molecule has 1 amide bonds. The summed E-state index contributed by atoms with van der Waals surface area (Å²) in [4.78, 5) is 29.7. The van der Waals surface area contributed by atoms with E-state index in [2.05, 4.69) is 4.98 Å². The molecule has 3 aromatic rings. The second-order valence-corrected chi connectivity index (χ2v) is 6.31. The summed E-state index contributed by atoms with van der Waals surface area (Å²) in [6, 6.07) is 10.5. The lowest BCUT2D eigenvalue weighted by molar-refractivity contribution is 0.0989. The van der Waals surface area contributed by atoms with Gasteiger partial charge in [0.1, 0.15) is 17.1 Å². The van der Waals surface area contributed by atoms with Gasteiger partial charge in [-0.15, -0.1) is 11.8 Å². The first-order valence-corrected chi connectivity index (χ1v) is 8.61. The molecular formula is C18H15FN2O3S. The number of rotatable bonds is 3. The Morgan fingerprint density at radius 3 is 2.52 bits per heavy atom. The van der Waals surface area contributed by atoms with E-state index in [1.165, 1.54) is 48.0 Å². The van der Waals surface area contributed by atoms with Crippen LogP contribution in [0.4, 0.5) is 10.1 Å². The molecule has 0 aliphatic carbocycles. The molecule has 128 valence electrons. The van der Waals surface area contributed by atoms with Crippen molar-refractivity contribution in [1.82, 2.24) is 4.98 Å². The van der Waals surface area contributed by atoms with Gasteiger partial charge in [-0.05, 0) is 48.7 Å². The Labute approximate surface area is 147 Å². The zero-order valence-corrected chi connectivity index (χ0v) is 14.4. The first-order chi connectivity index (χ1) is 11.9. The van der Waals surface area contributed by atoms with Gasteiger partial charge in [0.05, 0.1) is 5.52 Å². The molecule has 0 atom stereocenters. The average Bonchev–Trinajstić information content (AvgIpc) is 2.61. The Kier molecular flexibility index (Phi) is 4.50. The highest BCUT2D eigenvalue weighted by Gasteiger charge is 2.23. The van der Waals surface area contributed by atoms with Gasteiger partial charge in [-0.2, -0.15) is 0 Å². The van der Waals surface area contributed by atoms with Crippen molar-refractivity contribution in [3.05, 3.63) is 64.2 Å². The van der Waals surface area contributed by atoms with Crippen LogP contribution >= 0.6 is 11.8 Å². The largest absolute Gasteiger partial charge is 0.506 e. The van der Waals surface area contributed by atoms with Crippen molar-refractivity contribution in [3.63, 3.8) is 0 Å². The number of carbonyl (C=O) groups is 1. The van der Waals surface area contributed by atoms with E-state index in [4.69, 9.17) is 0 Å². The topological polar surface area (TPSA) is 73.4 Å². The Morgan fingerprint density at radius 1 is 1.20 bits per heavy atom. The summed E-state index contributed by atoms with van der Waals surface area (Å²) in [6.07, 6.45) is 1.89. The van der Waals surface area contributed by atoms with E-state index in [1.807, 2.05) is 12.3 Å². The Hall–Kier alpha value is -2.80. The number of benzene rings is 2. The third kappa shape index (κ3) is 3.10. The van der Waals surface area contributed by atoms with Gasteiger partial charge in [0, 0.05) is 23.0 Å². The highest BCUT2D eigenvalue weighted by atomic mass is 32.2. The molecule has 3 rings (SSSR count). The molecule has 25 heavy (non-hydrogen) atoms. The van der Waals surface area contributed by atoms with Crippen molar-refractivity contribution in [1.29, 1.82) is 0 Å². The van der Waals surface area contributed by atoms with Gasteiger partial charge < -0.3 is 15.0 Å². The van der Waals surface area contributed by atoms with E-state index in [0.717, 1.165) is 4.90 Å². The highest BCUT2D eigenvalue weighted by molar-refractivity contribution is 7.98. The molecule has 0 unspecified atom stereocenters. The van der Waals surface area contributed by atoms with E-state index in [0.29, 0.717) is 16.6 Å². The molecule has 0 saturated carbocycles. The number of thioether (sulfide) groups is 1. The van der Waals surface area contributed by atoms with Crippen LogP contribution in [0.25, 0.3) is 10.9 Å². The van der Waals surface area contributed by atoms with Gasteiger partial charge in [-0.25, -0.2) is 4.39 Å². The Bertz CT molecular complexity index is 1020. The fourth-order valence-electron chi connectivity index (χ4n) is 2.53. The molecule has 2 aromatic carbocycles. The zero-order chi connectivity index (χ0) is 18.1. The normalized spacial score (nSPS) is 10.8. The maximum absolute atomic E-state index is 13.0. The molecule has 0 bridgehead atoms. The minimum Gasteiger partial charge on any atom is -0.506 e. The van der Waals surface area contributed by atoms with Crippen LogP contribution in [0.3, 0.4) is 0 Å². The predicted molar refractivity (Wildman–Crippen MR) is 97.1 cm³/mol. The third-order valence-corrected chi connectivity index (χ3v) is 4.65. The summed E-state index contributed by atoms with van der Waals surface area (Å²) in [7, 11) is 1.46. The molecule has 5 nitrogen and oxygen atoms in total. The van der Waals surface area contributed by atoms with Crippen LogP contribution in [0.15, 0.2) is 52.2 Å². The summed E-state index contributed by atoms with van der Waals surface area (Å²) in [6.45, 7) is 0. The van der Waals surface area contributed by atoms with Gasteiger partial charge in [-0.1, -0.05) is 0 Å². The molecule has 0 radical (unpaired) electrons. The van der Waals surface area contributed by atoms with Gasteiger partial charge >= 0.3 is 0 Å². The quantitative estimate of drug-likeness (QED) is 0.704. The van der Waals surface area contributed by atoms with Crippen molar-refractivity contribution in [3.8, 4) is 5.75 Å². The number of aromatic amines is 1. The predicted octanol–water partition coefficient (Wildman–Crippen LogP) is 3.37. The minimum atomic E-state index is -0.680. The number of pyridine rings is 1. The number of anilines is 1. The lowest BCUT2D eigenvalue weighted by atomic mass is 10.1. The molecule has 0 aliphatic heterocycles. The third-order valence-electron chi connectivity index (χ3n) is 3.93.